The Labute approximate surface area is 108 Å². The molecule has 0 radical (unpaired) electrons. The van der Waals surface area contributed by atoms with Gasteiger partial charge in [0.15, 0.2) is 0 Å². The van der Waals surface area contributed by atoms with Gasteiger partial charge in [0.25, 0.3) is 0 Å². The molecular weight excluding hydrogens is 228 g/mol. The zero-order valence-electron chi connectivity index (χ0n) is 10.5. The molecule has 98 valence electrons. The summed E-state index contributed by atoms with van der Waals surface area (Å²) >= 11 is 0. The molecule has 0 heterocycles. The molecule has 0 spiro atoms. The van der Waals surface area contributed by atoms with Crippen LogP contribution in [0.5, 0.6) is 0 Å². The molecule has 1 fully saturated rings. The van der Waals surface area contributed by atoms with E-state index >= 15 is 0 Å². The molecule has 1 amide bonds. The molecule has 0 saturated heterocycles. The van der Waals surface area contributed by atoms with Crippen molar-refractivity contribution < 1.29 is 9.53 Å². The van der Waals surface area contributed by atoms with Crippen LogP contribution in [0.2, 0.25) is 0 Å². The van der Waals surface area contributed by atoms with Gasteiger partial charge in [-0.25, -0.2) is 0 Å². The summed E-state index contributed by atoms with van der Waals surface area (Å²) in [6.07, 6.45) is 2.57. The molecule has 1 aliphatic carbocycles. The largest absolute Gasteiger partial charge is 0.370 e. The molecule has 18 heavy (non-hydrogen) atoms. The topological polar surface area (TPSA) is 64.4 Å². The number of amides is 1. The van der Waals surface area contributed by atoms with Gasteiger partial charge in [-0.1, -0.05) is 30.3 Å². The monoisotopic (exact) mass is 248 g/mol. The Morgan fingerprint density at radius 3 is 2.72 bits per heavy atom. The van der Waals surface area contributed by atoms with Crippen LogP contribution in [0.4, 0.5) is 0 Å². The highest BCUT2D eigenvalue weighted by molar-refractivity contribution is 5.74. The summed E-state index contributed by atoms with van der Waals surface area (Å²) < 4.78 is 5.14. The van der Waals surface area contributed by atoms with Gasteiger partial charge >= 0.3 is 0 Å². The van der Waals surface area contributed by atoms with Gasteiger partial charge in [0.1, 0.15) is 6.61 Å². The molecule has 2 rings (SSSR count). The molecule has 3 N–H and O–H groups in total. The fraction of sp³-hybridized carbons (Fsp3) is 0.500. The Bertz CT molecular complexity index is 377. The third-order valence-corrected chi connectivity index (χ3v) is 3.11. The number of carbonyl (C=O) groups is 1. The highest BCUT2D eigenvalue weighted by atomic mass is 16.5. The van der Waals surface area contributed by atoms with Crippen molar-refractivity contribution >= 4 is 5.91 Å². The first-order chi connectivity index (χ1) is 8.77. The molecule has 0 aromatic heterocycles. The maximum Gasteiger partial charge on any atom is 0.243 e. The van der Waals surface area contributed by atoms with E-state index in [0.29, 0.717) is 12.6 Å². The summed E-state index contributed by atoms with van der Waals surface area (Å²) in [7, 11) is 0. The maximum absolute atomic E-state index is 10.5. The third kappa shape index (κ3) is 4.13. The van der Waals surface area contributed by atoms with E-state index in [9.17, 15) is 4.79 Å². The van der Waals surface area contributed by atoms with E-state index in [4.69, 9.17) is 10.5 Å². The van der Waals surface area contributed by atoms with Crippen molar-refractivity contribution in [2.24, 2.45) is 11.7 Å². The Morgan fingerprint density at radius 1 is 1.39 bits per heavy atom. The second-order valence-electron chi connectivity index (χ2n) is 4.70. The predicted octanol–water partition coefficient (Wildman–Crippen LogP) is 1.23. The van der Waals surface area contributed by atoms with Crippen LogP contribution in [-0.4, -0.2) is 25.7 Å². The Hall–Kier alpha value is -1.39. The van der Waals surface area contributed by atoms with Crippen LogP contribution in [0.1, 0.15) is 24.4 Å². The van der Waals surface area contributed by atoms with E-state index in [-0.39, 0.29) is 6.61 Å². The first kappa shape index (κ1) is 13.1. The van der Waals surface area contributed by atoms with Crippen LogP contribution in [0.15, 0.2) is 30.3 Å². The molecule has 1 aliphatic rings. The lowest BCUT2D eigenvalue weighted by Crippen LogP contribution is -2.28. The van der Waals surface area contributed by atoms with Crippen LogP contribution in [0, 0.1) is 5.92 Å². The van der Waals surface area contributed by atoms with E-state index in [1.54, 1.807) is 0 Å². The molecule has 1 saturated carbocycles. The van der Waals surface area contributed by atoms with Crippen molar-refractivity contribution in [3.63, 3.8) is 0 Å². The van der Waals surface area contributed by atoms with Crippen molar-refractivity contribution in [2.45, 2.75) is 18.9 Å². The zero-order chi connectivity index (χ0) is 12.8. The summed E-state index contributed by atoms with van der Waals surface area (Å²) in [5, 5.41) is 3.49. The molecule has 0 aliphatic heterocycles. The van der Waals surface area contributed by atoms with Gasteiger partial charge in [0, 0.05) is 12.6 Å². The van der Waals surface area contributed by atoms with Gasteiger partial charge in [-0.3, -0.25) is 4.79 Å². The van der Waals surface area contributed by atoms with Crippen LogP contribution in [0.25, 0.3) is 0 Å². The lowest BCUT2D eigenvalue weighted by Gasteiger charge is -2.18. The zero-order valence-corrected chi connectivity index (χ0v) is 10.5. The highest BCUT2D eigenvalue weighted by Crippen LogP contribution is 2.40. The molecule has 4 nitrogen and oxygen atoms in total. The minimum atomic E-state index is -0.420. The average Bonchev–Trinajstić information content (AvgIpc) is 3.19. The standard InChI is InChI=1S/C14H20N2O2/c15-13(17)10-18-9-8-16-14(12-6-7-12)11-4-2-1-3-5-11/h1-5,12,14,16H,6-10H2,(H2,15,17). The summed E-state index contributed by atoms with van der Waals surface area (Å²) in [5.74, 6) is 0.320. The maximum atomic E-state index is 10.5. The Balaban J connectivity index is 1.76. The first-order valence-corrected chi connectivity index (χ1v) is 6.42. The summed E-state index contributed by atoms with van der Waals surface area (Å²) in [5.41, 5.74) is 6.33. The number of nitrogens with two attached hydrogens (primary N) is 1. The van der Waals surface area contributed by atoms with Gasteiger partial charge in [-0.05, 0) is 24.3 Å². The van der Waals surface area contributed by atoms with Crippen molar-refractivity contribution in [1.29, 1.82) is 0 Å². The highest BCUT2D eigenvalue weighted by Gasteiger charge is 2.31. The minimum Gasteiger partial charge on any atom is -0.370 e. The first-order valence-electron chi connectivity index (χ1n) is 6.42. The van der Waals surface area contributed by atoms with Crippen molar-refractivity contribution in [3.8, 4) is 0 Å². The average molecular weight is 248 g/mol. The van der Waals surface area contributed by atoms with Gasteiger partial charge in [0.05, 0.1) is 6.61 Å². The Kier molecular flexibility index (Phi) is 4.73. The molecular formula is C14H20N2O2. The van der Waals surface area contributed by atoms with E-state index in [1.807, 2.05) is 6.07 Å². The lowest BCUT2D eigenvalue weighted by atomic mass is 10.0. The van der Waals surface area contributed by atoms with Crippen LogP contribution < -0.4 is 11.1 Å². The van der Waals surface area contributed by atoms with Gasteiger partial charge in [0.2, 0.25) is 5.91 Å². The normalized spacial score (nSPS) is 16.4. The number of rotatable bonds is 8. The van der Waals surface area contributed by atoms with Crippen molar-refractivity contribution in [1.82, 2.24) is 5.32 Å². The van der Waals surface area contributed by atoms with Gasteiger partial charge in [-0.15, -0.1) is 0 Å². The number of ether oxygens (including phenoxy) is 1. The lowest BCUT2D eigenvalue weighted by molar-refractivity contribution is -0.122. The number of carbonyl (C=O) groups excluding carboxylic acids is 1. The second kappa shape index (κ2) is 6.52. The smallest absolute Gasteiger partial charge is 0.243 e. The molecule has 1 aromatic rings. The predicted molar refractivity (Wildman–Crippen MR) is 69.9 cm³/mol. The molecule has 1 unspecified atom stereocenters. The van der Waals surface area contributed by atoms with Crippen LogP contribution in [-0.2, 0) is 9.53 Å². The SMILES string of the molecule is NC(=O)COCCNC(c1ccccc1)C1CC1. The minimum absolute atomic E-state index is 0.00110. The van der Waals surface area contributed by atoms with Gasteiger partial charge in [-0.2, -0.15) is 0 Å². The fourth-order valence-electron chi connectivity index (χ4n) is 2.11. The number of nitrogens with one attached hydrogen (secondary N) is 1. The molecule has 1 atom stereocenters. The summed E-state index contributed by atoms with van der Waals surface area (Å²) in [6.45, 7) is 1.25. The summed E-state index contributed by atoms with van der Waals surface area (Å²) in [6, 6.07) is 10.9. The van der Waals surface area contributed by atoms with Crippen molar-refractivity contribution in [2.75, 3.05) is 19.8 Å². The number of hydrogen-bond donors (Lipinski definition) is 2. The van der Waals surface area contributed by atoms with Crippen LogP contribution >= 0.6 is 0 Å². The second-order valence-corrected chi connectivity index (χ2v) is 4.70. The molecule has 0 bridgehead atoms. The van der Waals surface area contributed by atoms with E-state index in [0.717, 1.165) is 12.5 Å². The summed E-state index contributed by atoms with van der Waals surface area (Å²) in [4.78, 5) is 10.5. The van der Waals surface area contributed by atoms with Crippen LogP contribution in [0.3, 0.4) is 0 Å². The fourth-order valence-corrected chi connectivity index (χ4v) is 2.11. The van der Waals surface area contributed by atoms with Crippen molar-refractivity contribution in [3.05, 3.63) is 35.9 Å². The number of benzene rings is 1. The van der Waals surface area contributed by atoms with E-state index in [2.05, 4.69) is 29.6 Å². The quantitative estimate of drug-likeness (QED) is 0.680. The molecule has 1 aromatic carbocycles. The van der Waals surface area contributed by atoms with E-state index in [1.165, 1.54) is 18.4 Å². The number of primary amides is 1. The Morgan fingerprint density at radius 2 is 2.11 bits per heavy atom. The van der Waals surface area contributed by atoms with E-state index < -0.39 is 5.91 Å². The molecule has 4 heteroatoms. The third-order valence-electron chi connectivity index (χ3n) is 3.11. The number of hydrogen-bond acceptors (Lipinski definition) is 3. The van der Waals surface area contributed by atoms with Gasteiger partial charge < -0.3 is 15.8 Å².